The number of imidazole rings is 1. The maximum Gasteiger partial charge on any atom is 0.368 e. The molecule has 23 heavy (non-hydrogen) atoms. The Morgan fingerprint density at radius 1 is 1.43 bits per heavy atom. The molecule has 1 aliphatic rings. The van der Waals surface area contributed by atoms with Gasteiger partial charge < -0.3 is 20.2 Å². The van der Waals surface area contributed by atoms with Crippen molar-refractivity contribution in [1.82, 2.24) is 14.6 Å². The van der Waals surface area contributed by atoms with Crippen molar-refractivity contribution in [3.05, 3.63) is 28.4 Å². The normalized spacial score (nSPS) is 16.7. The molecule has 1 N–H and O–H groups in total. The van der Waals surface area contributed by atoms with Crippen LogP contribution in [0, 0.1) is 15.5 Å². The molecule has 0 radical (unpaired) electrons. The zero-order chi connectivity index (χ0) is 16.3. The van der Waals surface area contributed by atoms with Gasteiger partial charge >= 0.3 is 5.82 Å². The van der Waals surface area contributed by atoms with E-state index in [4.69, 9.17) is 4.74 Å². The van der Waals surface area contributed by atoms with E-state index in [1.165, 1.54) is 36.4 Å². The summed E-state index contributed by atoms with van der Waals surface area (Å²) in [5.74, 6) is 0.501. The van der Waals surface area contributed by atoms with Crippen LogP contribution in [0.1, 0.15) is 32.1 Å². The summed E-state index contributed by atoms with van der Waals surface area (Å²) in [5, 5.41) is 18.6. The van der Waals surface area contributed by atoms with Gasteiger partial charge in [0.1, 0.15) is 6.20 Å². The van der Waals surface area contributed by atoms with Gasteiger partial charge in [-0.15, -0.1) is 0 Å². The highest BCUT2D eigenvalue weighted by molar-refractivity contribution is 5.48. The summed E-state index contributed by atoms with van der Waals surface area (Å²) < 4.78 is 6.50. The van der Waals surface area contributed by atoms with Crippen LogP contribution in [0.2, 0.25) is 0 Å². The van der Waals surface area contributed by atoms with Gasteiger partial charge in [0.05, 0.1) is 0 Å². The lowest BCUT2D eigenvalue weighted by Crippen LogP contribution is -2.28. The van der Waals surface area contributed by atoms with Crippen molar-refractivity contribution in [1.29, 1.82) is 0 Å². The van der Waals surface area contributed by atoms with Gasteiger partial charge in [-0.05, 0) is 35.7 Å². The zero-order valence-corrected chi connectivity index (χ0v) is 13.2. The number of nitrogens with zero attached hydrogens (tertiary/aromatic N) is 4. The second-order valence-electron chi connectivity index (χ2n) is 6.17. The minimum absolute atomic E-state index is 0.126. The molecule has 0 bridgehead atoms. The van der Waals surface area contributed by atoms with E-state index in [1.807, 2.05) is 6.07 Å². The molecule has 1 fully saturated rings. The van der Waals surface area contributed by atoms with Gasteiger partial charge in [-0.3, -0.25) is 0 Å². The number of aromatic nitrogens is 3. The molecular formula is C15H21N5O3. The van der Waals surface area contributed by atoms with E-state index >= 15 is 0 Å². The summed E-state index contributed by atoms with van der Waals surface area (Å²) >= 11 is 0. The number of fused-ring (bicyclic) bond motifs is 1. The Kier molecular flexibility index (Phi) is 4.42. The van der Waals surface area contributed by atoms with Gasteiger partial charge in [0.2, 0.25) is 5.65 Å². The van der Waals surface area contributed by atoms with Crippen molar-refractivity contribution in [2.24, 2.45) is 5.41 Å². The van der Waals surface area contributed by atoms with Crippen LogP contribution < -0.4 is 5.32 Å². The van der Waals surface area contributed by atoms with Crippen molar-refractivity contribution >= 4 is 17.3 Å². The van der Waals surface area contributed by atoms with Gasteiger partial charge in [0, 0.05) is 26.3 Å². The smallest absolute Gasteiger partial charge is 0.368 e. The predicted octanol–water partition coefficient (Wildman–Crippen LogP) is 2.65. The fourth-order valence-electron chi connectivity index (χ4n) is 3.32. The number of ether oxygens (including phenoxy) is 1. The summed E-state index contributed by atoms with van der Waals surface area (Å²) in [6, 6.07) is 3.55. The quantitative estimate of drug-likeness (QED) is 0.623. The summed E-state index contributed by atoms with van der Waals surface area (Å²) in [5.41, 5.74) is 0.699. The molecule has 8 nitrogen and oxygen atoms in total. The van der Waals surface area contributed by atoms with Crippen LogP contribution in [0.3, 0.4) is 0 Å². The fraction of sp³-hybridized carbons (Fsp3) is 0.600. The first kappa shape index (κ1) is 15.7. The molecule has 1 aliphatic carbocycles. The van der Waals surface area contributed by atoms with E-state index in [9.17, 15) is 10.1 Å². The molecule has 8 heteroatoms. The van der Waals surface area contributed by atoms with Gasteiger partial charge in [-0.2, -0.15) is 0 Å². The van der Waals surface area contributed by atoms with Crippen molar-refractivity contribution < 1.29 is 9.66 Å². The number of hydrogen-bond donors (Lipinski definition) is 1. The van der Waals surface area contributed by atoms with Gasteiger partial charge in [0.25, 0.3) is 0 Å². The molecule has 0 saturated heterocycles. The summed E-state index contributed by atoms with van der Waals surface area (Å²) in [6.45, 7) is 1.55. The second-order valence-corrected chi connectivity index (χ2v) is 6.17. The van der Waals surface area contributed by atoms with Crippen molar-refractivity contribution in [3.63, 3.8) is 0 Å². The highest BCUT2D eigenvalue weighted by Crippen LogP contribution is 2.41. The second kappa shape index (κ2) is 6.49. The monoisotopic (exact) mass is 319 g/mol. The highest BCUT2D eigenvalue weighted by Gasteiger charge is 2.33. The summed E-state index contributed by atoms with van der Waals surface area (Å²) in [7, 11) is 1.73. The number of nitrogens with one attached hydrogen (secondary N) is 1. The number of nitro groups is 1. The molecule has 3 rings (SSSR count). The Balaban J connectivity index is 1.75. The summed E-state index contributed by atoms with van der Waals surface area (Å²) in [6.07, 6.45) is 7.08. The summed E-state index contributed by atoms with van der Waals surface area (Å²) in [4.78, 5) is 14.5. The van der Waals surface area contributed by atoms with E-state index in [0.29, 0.717) is 11.5 Å². The van der Waals surface area contributed by atoms with Crippen molar-refractivity contribution in [2.45, 2.75) is 32.1 Å². The van der Waals surface area contributed by atoms with E-state index in [-0.39, 0.29) is 11.2 Å². The standard InChI is InChI=1S/C15H21N5O3/c1-23-9-8-15(6-2-3-7-15)11-17-12-4-5-13-16-10-14(20(21)22)19(13)18-12/h4-5,10H,2-3,6-9,11H2,1H3,(H,17,18). The van der Waals surface area contributed by atoms with Crippen LogP contribution in [-0.4, -0.2) is 39.8 Å². The molecule has 2 aromatic rings. The molecule has 2 aromatic heterocycles. The lowest BCUT2D eigenvalue weighted by molar-refractivity contribution is -0.391. The van der Waals surface area contributed by atoms with E-state index in [1.54, 1.807) is 13.2 Å². The Bertz CT molecular complexity index is 693. The molecule has 0 unspecified atom stereocenters. The Morgan fingerprint density at radius 2 is 2.22 bits per heavy atom. The highest BCUT2D eigenvalue weighted by atomic mass is 16.6. The minimum Gasteiger partial charge on any atom is -0.385 e. The average molecular weight is 319 g/mol. The largest absolute Gasteiger partial charge is 0.385 e. The van der Waals surface area contributed by atoms with Crippen LogP contribution in [0.5, 0.6) is 0 Å². The average Bonchev–Trinajstić information content (AvgIpc) is 3.18. The third-order valence-corrected chi connectivity index (χ3v) is 4.68. The topological polar surface area (TPSA) is 94.6 Å². The molecule has 0 aromatic carbocycles. The molecular weight excluding hydrogens is 298 g/mol. The van der Waals surface area contributed by atoms with Crippen molar-refractivity contribution in [3.8, 4) is 0 Å². The zero-order valence-electron chi connectivity index (χ0n) is 13.2. The van der Waals surface area contributed by atoms with Gasteiger partial charge in [0.15, 0.2) is 5.82 Å². The van der Waals surface area contributed by atoms with Crippen LogP contribution >= 0.6 is 0 Å². The number of anilines is 1. The molecule has 0 amide bonds. The number of methoxy groups -OCH3 is 1. The minimum atomic E-state index is -0.478. The number of hydrogen-bond acceptors (Lipinski definition) is 6. The lowest BCUT2D eigenvalue weighted by Gasteiger charge is -2.29. The third-order valence-electron chi connectivity index (χ3n) is 4.68. The number of rotatable bonds is 7. The molecule has 0 atom stereocenters. The molecule has 1 saturated carbocycles. The Morgan fingerprint density at radius 3 is 2.91 bits per heavy atom. The first-order chi connectivity index (χ1) is 11.1. The first-order valence-corrected chi connectivity index (χ1v) is 7.86. The van der Waals surface area contributed by atoms with Crippen LogP contribution in [0.15, 0.2) is 18.3 Å². The van der Waals surface area contributed by atoms with Crippen LogP contribution in [-0.2, 0) is 4.74 Å². The maximum atomic E-state index is 11.0. The maximum absolute atomic E-state index is 11.0. The Labute approximate surface area is 134 Å². The predicted molar refractivity (Wildman–Crippen MR) is 85.5 cm³/mol. The fourth-order valence-corrected chi connectivity index (χ4v) is 3.32. The molecule has 2 heterocycles. The van der Waals surface area contributed by atoms with E-state index in [0.717, 1.165) is 19.6 Å². The SMILES string of the molecule is COCCC1(CNc2ccc3ncc([N+](=O)[O-])n3n2)CCCC1. The molecule has 124 valence electrons. The molecule has 0 aliphatic heterocycles. The van der Waals surface area contributed by atoms with Crippen molar-refractivity contribution in [2.75, 3.05) is 25.6 Å². The first-order valence-electron chi connectivity index (χ1n) is 7.86. The molecule has 0 spiro atoms. The van der Waals surface area contributed by atoms with Gasteiger partial charge in [-0.25, -0.2) is 4.98 Å². The third kappa shape index (κ3) is 3.26. The Hall–Kier alpha value is -2.22. The van der Waals surface area contributed by atoms with Gasteiger partial charge in [-0.1, -0.05) is 22.5 Å². The van der Waals surface area contributed by atoms with E-state index in [2.05, 4.69) is 15.4 Å². The lowest BCUT2D eigenvalue weighted by atomic mass is 9.83. The van der Waals surface area contributed by atoms with Crippen LogP contribution in [0.4, 0.5) is 11.6 Å². The van der Waals surface area contributed by atoms with Crippen LogP contribution in [0.25, 0.3) is 5.65 Å². The van der Waals surface area contributed by atoms with E-state index < -0.39 is 4.92 Å².